The van der Waals surface area contributed by atoms with Crippen LogP contribution in [0.4, 0.5) is 0 Å². The van der Waals surface area contributed by atoms with Gasteiger partial charge >= 0.3 is 0 Å². The van der Waals surface area contributed by atoms with Gasteiger partial charge in [-0.1, -0.05) is 12.8 Å². The van der Waals surface area contributed by atoms with E-state index in [0.717, 1.165) is 17.3 Å². The molecular formula is C11H16BrN3O. The largest absolute Gasteiger partial charge is 0.352 e. The minimum Gasteiger partial charge on any atom is -0.352 e. The maximum absolute atomic E-state index is 11.9. The lowest BCUT2D eigenvalue weighted by Gasteiger charge is -2.16. The molecular weight excluding hydrogens is 270 g/mol. The van der Waals surface area contributed by atoms with Gasteiger partial charge < -0.3 is 5.32 Å². The molecule has 5 heteroatoms. The average molecular weight is 286 g/mol. The van der Waals surface area contributed by atoms with Crippen LogP contribution in [0.5, 0.6) is 0 Å². The zero-order chi connectivity index (χ0) is 11.5. The molecule has 1 aromatic rings. The summed E-state index contributed by atoms with van der Waals surface area (Å²) in [7, 11) is 0. The van der Waals surface area contributed by atoms with E-state index in [1.807, 2.05) is 13.1 Å². The SMILES string of the molecule is C[C@@H](C(=O)NC1CCCC1)n1cc(Br)cn1. The second-order valence-corrected chi connectivity index (χ2v) is 5.22. The second-order valence-electron chi connectivity index (χ2n) is 4.30. The van der Waals surface area contributed by atoms with Crippen molar-refractivity contribution in [3.8, 4) is 0 Å². The molecule has 0 spiro atoms. The lowest BCUT2D eigenvalue weighted by molar-refractivity contribution is -0.124. The average Bonchev–Trinajstić information content (AvgIpc) is 2.88. The normalized spacial score (nSPS) is 18.6. The van der Waals surface area contributed by atoms with Crippen molar-refractivity contribution in [1.82, 2.24) is 15.1 Å². The molecule has 1 N–H and O–H groups in total. The van der Waals surface area contributed by atoms with Crippen molar-refractivity contribution in [2.24, 2.45) is 0 Å². The smallest absolute Gasteiger partial charge is 0.244 e. The number of halogens is 1. The first kappa shape index (κ1) is 11.6. The van der Waals surface area contributed by atoms with Crippen LogP contribution in [0.15, 0.2) is 16.9 Å². The summed E-state index contributed by atoms with van der Waals surface area (Å²) in [5.74, 6) is 0.0579. The van der Waals surface area contributed by atoms with Crippen LogP contribution < -0.4 is 5.32 Å². The molecule has 0 radical (unpaired) electrons. The molecule has 1 aromatic heterocycles. The molecule has 1 amide bonds. The predicted molar refractivity (Wildman–Crippen MR) is 65.0 cm³/mol. The topological polar surface area (TPSA) is 46.9 Å². The number of nitrogens with one attached hydrogen (secondary N) is 1. The van der Waals surface area contributed by atoms with Crippen molar-refractivity contribution in [2.45, 2.75) is 44.7 Å². The van der Waals surface area contributed by atoms with Crippen molar-refractivity contribution in [1.29, 1.82) is 0 Å². The molecule has 1 saturated carbocycles. The molecule has 4 nitrogen and oxygen atoms in total. The molecule has 1 atom stereocenters. The first-order chi connectivity index (χ1) is 7.66. The Morgan fingerprint density at radius 1 is 1.62 bits per heavy atom. The highest BCUT2D eigenvalue weighted by molar-refractivity contribution is 9.10. The lowest BCUT2D eigenvalue weighted by Crippen LogP contribution is -2.37. The van der Waals surface area contributed by atoms with Crippen molar-refractivity contribution in [3.05, 3.63) is 16.9 Å². The molecule has 16 heavy (non-hydrogen) atoms. The maximum Gasteiger partial charge on any atom is 0.244 e. The van der Waals surface area contributed by atoms with E-state index in [-0.39, 0.29) is 11.9 Å². The molecule has 0 aromatic carbocycles. The van der Waals surface area contributed by atoms with E-state index in [1.165, 1.54) is 12.8 Å². The molecule has 1 fully saturated rings. The van der Waals surface area contributed by atoms with Gasteiger partial charge in [0.15, 0.2) is 0 Å². The van der Waals surface area contributed by atoms with Gasteiger partial charge in [-0.05, 0) is 35.7 Å². The highest BCUT2D eigenvalue weighted by Crippen LogP contribution is 2.19. The van der Waals surface area contributed by atoms with E-state index in [4.69, 9.17) is 0 Å². The minimum absolute atomic E-state index is 0.0579. The minimum atomic E-state index is -0.244. The Bertz CT molecular complexity index is 371. The van der Waals surface area contributed by atoms with Crippen molar-refractivity contribution >= 4 is 21.8 Å². The summed E-state index contributed by atoms with van der Waals surface area (Å²) < 4.78 is 2.57. The number of rotatable bonds is 3. The van der Waals surface area contributed by atoms with E-state index < -0.39 is 0 Å². The summed E-state index contributed by atoms with van der Waals surface area (Å²) in [5, 5.41) is 7.19. The molecule has 0 saturated heterocycles. The molecule has 88 valence electrons. The Morgan fingerprint density at radius 2 is 2.31 bits per heavy atom. The first-order valence-electron chi connectivity index (χ1n) is 5.67. The van der Waals surface area contributed by atoms with Gasteiger partial charge in [0.2, 0.25) is 5.91 Å². The summed E-state index contributed by atoms with van der Waals surface area (Å²) in [6, 6.07) is 0.126. The Labute approximate surface area is 104 Å². The first-order valence-corrected chi connectivity index (χ1v) is 6.46. The van der Waals surface area contributed by atoms with Gasteiger partial charge in [-0.15, -0.1) is 0 Å². The van der Waals surface area contributed by atoms with E-state index in [2.05, 4.69) is 26.3 Å². The van der Waals surface area contributed by atoms with Crippen LogP contribution >= 0.6 is 15.9 Å². The highest BCUT2D eigenvalue weighted by atomic mass is 79.9. The van der Waals surface area contributed by atoms with E-state index in [9.17, 15) is 4.79 Å². The van der Waals surface area contributed by atoms with Gasteiger partial charge in [-0.3, -0.25) is 9.48 Å². The number of amides is 1. The Hall–Kier alpha value is -0.840. The van der Waals surface area contributed by atoms with Gasteiger partial charge in [0.25, 0.3) is 0 Å². The zero-order valence-corrected chi connectivity index (χ0v) is 10.9. The number of carbonyl (C=O) groups is 1. The molecule has 1 aliphatic rings. The third kappa shape index (κ3) is 2.64. The van der Waals surface area contributed by atoms with Crippen LogP contribution in [0.3, 0.4) is 0 Å². The lowest BCUT2D eigenvalue weighted by atomic mass is 10.2. The molecule has 0 aliphatic heterocycles. The van der Waals surface area contributed by atoms with Crippen LogP contribution in [0, 0.1) is 0 Å². The van der Waals surface area contributed by atoms with Crippen molar-refractivity contribution < 1.29 is 4.79 Å². The van der Waals surface area contributed by atoms with E-state index in [0.29, 0.717) is 6.04 Å². The van der Waals surface area contributed by atoms with Crippen LogP contribution in [0.2, 0.25) is 0 Å². The molecule has 2 rings (SSSR count). The van der Waals surface area contributed by atoms with Crippen LogP contribution in [-0.2, 0) is 4.79 Å². The van der Waals surface area contributed by atoms with Crippen LogP contribution in [-0.4, -0.2) is 21.7 Å². The number of carbonyl (C=O) groups excluding carboxylic acids is 1. The second kappa shape index (κ2) is 4.99. The molecule has 0 unspecified atom stereocenters. The van der Waals surface area contributed by atoms with Gasteiger partial charge in [0, 0.05) is 12.2 Å². The van der Waals surface area contributed by atoms with Gasteiger partial charge in [0.1, 0.15) is 6.04 Å². The standard InChI is InChI=1S/C11H16BrN3O/c1-8(15-7-9(12)6-13-15)11(16)14-10-4-2-3-5-10/h6-8,10H,2-5H2,1H3,(H,14,16)/t8-/m0/s1. The summed E-state index contributed by atoms with van der Waals surface area (Å²) in [6.45, 7) is 1.86. The fourth-order valence-corrected chi connectivity index (χ4v) is 2.34. The van der Waals surface area contributed by atoms with Gasteiger partial charge in [-0.2, -0.15) is 5.10 Å². The quantitative estimate of drug-likeness (QED) is 0.926. The summed E-state index contributed by atoms with van der Waals surface area (Å²) in [4.78, 5) is 11.9. The number of hydrogen-bond acceptors (Lipinski definition) is 2. The fraction of sp³-hybridized carbons (Fsp3) is 0.636. The molecule has 0 bridgehead atoms. The van der Waals surface area contributed by atoms with Crippen LogP contribution in [0.25, 0.3) is 0 Å². The summed E-state index contributed by atoms with van der Waals surface area (Å²) in [6.07, 6.45) is 8.19. The molecule has 1 aliphatic carbocycles. The van der Waals surface area contributed by atoms with E-state index in [1.54, 1.807) is 10.9 Å². The highest BCUT2D eigenvalue weighted by Gasteiger charge is 2.21. The number of aromatic nitrogens is 2. The summed E-state index contributed by atoms with van der Waals surface area (Å²) >= 11 is 3.32. The summed E-state index contributed by atoms with van der Waals surface area (Å²) in [5.41, 5.74) is 0. The maximum atomic E-state index is 11.9. The van der Waals surface area contributed by atoms with Crippen molar-refractivity contribution in [3.63, 3.8) is 0 Å². The third-order valence-electron chi connectivity index (χ3n) is 3.05. The Kier molecular flexibility index (Phi) is 3.63. The monoisotopic (exact) mass is 285 g/mol. The van der Waals surface area contributed by atoms with Crippen LogP contribution in [0.1, 0.15) is 38.6 Å². The predicted octanol–water partition coefficient (Wildman–Crippen LogP) is 2.27. The number of nitrogens with zero attached hydrogens (tertiary/aromatic N) is 2. The van der Waals surface area contributed by atoms with Crippen molar-refractivity contribution in [2.75, 3.05) is 0 Å². The van der Waals surface area contributed by atoms with Gasteiger partial charge in [-0.25, -0.2) is 0 Å². The zero-order valence-electron chi connectivity index (χ0n) is 9.32. The Balaban J connectivity index is 1.93. The Morgan fingerprint density at radius 3 is 2.88 bits per heavy atom. The molecule has 1 heterocycles. The third-order valence-corrected chi connectivity index (χ3v) is 3.46. The van der Waals surface area contributed by atoms with Gasteiger partial charge in [0.05, 0.1) is 10.7 Å². The number of hydrogen-bond donors (Lipinski definition) is 1. The fourth-order valence-electron chi connectivity index (χ4n) is 2.04. The van der Waals surface area contributed by atoms with E-state index >= 15 is 0 Å².